The molecule has 2 atom stereocenters. The van der Waals surface area contributed by atoms with Crippen LogP contribution in [0, 0.1) is 6.92 Å². The van der Waals surface area contributed by atoms with Crippen LogP contribution in [0.3, 0.4) is 0 Å². The molecule has 1 aromatic heterocycles. The molecule has 0 radical (unpaired) electrons. The van der Waals surface area contributed by atoms with Crippen molar-refractivity contribution in [2.24, 2.45) is 0 Å². The first kappa shape index (κ1) is 22.5. The lowest BCUT2D eigenvalue weighted by molar-refractivity contribution is -0.122. The van der Waals surface area contributed by atoms with Crippen molar-refractivity contribution < 1.29 is 37.6 Å². The number of ether oxygens (including phenoxy) is 6. The Balaban J connectivity index is 1.58. The quantitative estimate of drug-likeness (QED) is 0.567. The van der Waals surface area contributed by atoms with Crippen molar-refractivity contribution in [3.8, 4) is 34.5 Å². The number of methoxy groups -OCH3 is 3. The Morgan fingerprint density at radius 3 is 2.34 bits per heavy atom. The molecule has 1 amide bonds. The van der Waals surface area contributed by atoms with Gasteiger partial charge in [-0.25, -0.2) is 4.79 Å². The topological polar surface area (TPSA) is 115 Å². The third kappa shape index (κ3) is 3.86. The maximum atomic E-state index is 13.5. The molecule has 35 heavy (non-hydrogen) atoms. The fraction of sp³-hybridized carbons (Fsp3) is 0.280. The zero-order valence-electron chi connectivity index (χ0n) is 19.5. The smallest absolute Gasteiger partial charge is 0.343 e. The molecule has 182 valence electrons. The van der Waals surface area contributed by atoms with Gasteiger partial charge in [0.2, 0.25) is 12.5 Å². The van der Waals surface area contributed by atoms with Crippen LogP contribution < -0.4 is 39.4 Å². The number of hydrogen-bond acceptors (Lipinski definition) is 9. The van der Waals surface area contributed by atoms with E-state index in [-0.39, 0.29) is 18.1 Å². The van der Waals surface area contributed by atoms with Crippen LogP contribution in [-0.4, -0.2) is 40.1 Å². The number of rotatable bonds is 6. The highest BCUT2D eigenvalue weighted by molar-refractivity contribution is 5.96. The number of benzene rings is 2. The first-order valence-corrected chi connectivity index (χ1v) is 10.7. The minimum Gasteiger partial charge on any atom is -0.493 e. The number of amides is 1. The van der Waals surface area contributed by atoms with E-state index in [9.17, 15) is 9.59 Å². The normalized spacial score (nSPS) is 17.4. The maximum Gasteiger partial charge on any atom is 0.343 e. The molecule has 0 saturated carbocycles. The van der Waals surface area contributed by atoms with Crippen LogP contribution >= 0.6 is 0 Å². The van der Waals surface area contributed by atoms with Crippen molar-refractivity contribution in [3.05, 3.63) is 63.7 Å². The summed E-state index contributed by atoms with van der Waals surface area (Å²) in [6, 6.07) is 10.0. The molecule has 0 spiro atoms. The number of carbonyl (C=O) groups is 1. The lowest BCUT2D eigenvalue weighted by atomic mass is 9.88. The largest absolute Gasteiger partial charge is 0.493 e. The van der Waals surface area contributed by atoms with E-state index in [1.165, 1.54) is 21.3 Å². The molecule has 10 nitrogen and oxygen atoms in total. The standard InChI is InChI=1S/C25H23NO9/c1-12-7-17-21(25(28)34-12)20(13-8-18(29-2)22(31-4)19(9-13)30-3)23(35-17)24(27)26-14-5-6-15-16(10-14)33-11-32-15/h5-10,20,23H,11H2,1-4H3,(H,26,27)/t20-,23+/m0/s1. The predicted octanol–water partition coefficient (Wildman–Crippen LogP) is 3.23. The van der Waals surface area contributed by atoms with Gasteiger partial charge in [-0.15, -0.1) is 0 Å². The summed E-state index contributed by atoms with van der Waals surface area (Å²) >= 11 is 0. The van der Waals surface area contributed by atoms with Crippen molar-refractivity contribution in [2.45, 2.75) is 18.9 Å². The van der Waals surface area contributed by atoms with Crippen LogP contribution in [0.1, 0.15) is 22.8 Å². The summed E-state index contributed by atoms with van der Waals surface area (Å²) in [6.07, 6.45) is -1.08. The van der Waals surface area contributed by atoms with Crippen molar-refractivity contribution >= 4 is 11.6 Å². The van der Waals surface area contributed by atoms with Gasteiger partial charge in [-0.2, -0.15) is 0 Å². The number of anilines is 1. The number of nitrogens with one attached hydrogen (secondary N) is 1. The van der Waals surface area contributed by atoms with E-state index in [1.54, 1.807) is 43.3 Å². The Kier molecular flexibility index (Phi) is 5.64. The fourth-order valence-corrected chi connectivity index (χ4v) is 4.34. The van der Waals surface area contributed by atoms with Crippen molar-refractivity contribution in [1.29, 1.82) is 0 Å². The summed E-state index contributed by atoms with van der Waals surface area (Å²) in [6.45, 7) is 1.76. The van der Waals surface area contributed by atoms with Crippen LogP contribution in [0.15, 0.2) is 45.6 Å². The molecular weight excluding hydrogens is 458 g/mol. The summed E-state index contributed by atoms with van der Waals surface area (Å²) < 4.78 is 38.4. The van der Waals surface area contributed by atoms with Gasteiger partial charge in [0.25, 0.3) is 5.91 Å². The van der Waals surface area contributed by atoms with E-state index < -0.39 is 23.6 Å². The monoisotopic (exact) mass is 481 g/mol. The molecule has 5 rings (SSSR count). The average molecular weight is 481 g/mol. The zero-order valence-corrected chi connectivity index (χ0v) is 19.5. The third-order valence-corrected chi connectivity index (χ3v) is 5.89. The SMILES string of the molecule is COc1cc([C@H]2c3c(cc(C)oc3=O)O[C@H]2C(=O)Nc2ccc3c(c2)OCO3)cc(OC)c1OC. The predicted molar refractivity (Wildman–Crippen MR) is 123 cm³/mol. The van der Waals surface area contributed by atoms with Crippen LogP contribution in [0.5, 0.6) is 34.5 Å². The summed E-state index contributed by atoms with van der Waals surface area (Å²) in [7, 11) is 4.47. The first-order chi connectivity index (χ1) is 16.9. The minimum atomic E-state index is -1.08. The van der Waals surface area contributed by atoms with Crippen molar-refractivity contribution in [1.82, 2.24) is 0 Å². The Morgan fingerprint density at radius 2 is 1.66 bits per heavy atom. The van der Waals surface area contributed by atoms with Crippen molar-refractivity contribution in [3.63, 3.8) is 0 Å². The average Bonchev–Trinajstić information content (AvgIpc) is 3.47. The number of aryl methyl sites for hydroxylation is 1. The molecule has 2 aliphatic heterocycles. The van der Waals surface area contributed by atoms with E-state index in [1.807, 2.05) is 0 Å². The highest BCUT2D eigenvalue weighted by atomic mass is 16.7. The van der Waals surface area contributed by atoms with Crippen LogP contribution in [-0.2, 0) is 4.79 Å². The first-order valence-electron chi connectivity index (χ1n) is 10.7. The molecule has 2 aliphatic rings. The highest BCUT2D eigenvalue weighted by Gasteiger charge is 2.44. The molecule has 3 heterocycles. The lowest BCUT2D eigenvalue weighted by Gasteiger charge is -2.21. The highest BCUT2D eigenvalue weighted by Crippen LogP contribution is 2.46. The summed E-state index contributed by atoms with van der Waals surface area (Å²) in [5, 5.41) is 2.84. The molecule has 0 aliphatic carbocycles. The van der Waals surface area contributed by atoms with Gasteiger partial charge < -0.3 is 38.2 Å². The molecule has 2 aromatic carbocycles. The Morgan fingerprint density at radius 1 is 0.943 bits per heavy atom. The van der Waals surface area contributed by atoms with E-state index in [2.05, 4.69) is 5.32 Å². The second kappa shape index (κ2) is 8.79. The van der Waals surface area contributed by atoms with Crippen molar-refractivity contribution in [2.75, 3.05) is 33.4 Å². The Labute approximate surface area is 200 Å². The van der Waals surface area contributed by atoms with Gasteiger partial charge in [0.1, 0.15) is 11.5 Å². The zero-order chi connectivity index (χ0) is 24.7. The summed E-state index contributed by atoms with van der Waals surface area (Å²) in [5.74, 6) is 1.64. The minimum absolute atomic E-state index is 0.117. The van der Waals surface area contributed by atoms with Gasteiger partial charge in [-0.1, -0.05) is 0 Å². The number of fused-ring (bicyclic) bond motifs is 2. The van der Waals surface area contributed by atoms with E-state index >= 15 is 0 Å². The summed E-state index contributed by atoms with van der Waals surface area (Å²) in [5.41, 5.74) is 0.693. The lowest BCUT2D eigenvalue weighted by Crippen LogP contribution is -2.35. The fourth-order valence-electron chi connectivity index (χ4n) is 4.34. The summed E-state index contributed by atoms with van der Waals surface area (Å²) in [4.78, 5) is 26.4. The molecule has 10 heteroatoms. The third-order valence-electron chi connectivity index (χ3n) is 5.89. The second-order valence-electron chi connectivity index (χ2n) is 7.95. The molecule has 1 N–H and O–H groups in total. The van der Waals surface area contributed by atoms with Gasteiger partial charge in [0.15, 0.2) is 29.1 Å². The molecule has 3 aromatic rings. The van der Waals surface area contributed by atoms with Gasteiger partial charge in [0.05, 0.1) is 32.8 Å². The van der Waals surface area contributed by atoms with Gasteiger partial charge >= 0.3 is 5.63 Å². The molecule has 0 unspecified atom stereocenters. The Bertz CT molecular complexity index is 1340. The van der Waals surface area contributed by atoms with E-state index in [0.717, 1.165) is 0 Å². The van der Waals surface area contributed by atoms with Gasteiger partial charge in [-0.05, 0) is 36.8 Å². The molecular formula is C25H23NO9. The Hall–Kier alpha value is -4.34. The van der Waals surface area contributed by atoms with E-state index in [4.69, 9.17) is 32.8 Å². The van der Waals surface area contributed by atoms with E-state index in [0.29, 0.717) is 45.8 Å². The molecule has 0 bridgehead atoms. The van der Waals surface area contributed by atoms with Gasteiger partial charge in [-0.3, -0.25) is 4.79 Å². The van der Waals surface area contributed by atoms with Crippen LogP contribution in [0.4, 0.5) is 5.69 Å². The van der Waals surface area contributed by atoms with Crippen LogP contribution in [0.2, 0.25) is 0 Å². The second-order valence-corrected chi connectivity index (χ2v) is 7.95. The maximum absolute atomic E-state index is 13.5. The molecule has 0 fully saturated rings. The van der Waals surface area contributed by atoms with Gasteiger partial charge in [0, 0.05) is 17.8 Å². The number of hydrogen-bond donors (Lipinski definition) is 1. The molecule has 0 saturated heterocycles. The number of carbonyl (C=O) groups excluding carboxylic acids is 1. The van der Waals surface area contributed by atoms with Crippen LogP contribution in [0.25, 0.3) is 0 Å².